The lowest BCUT2D eigenvalue weighted by Gasteiger charge is -2.11. The molecule has 0 radical (unpaired) electrons. The number of nitrogens with zero attached hydrogens (tertiary/aromatic N) is 4. The number of benzene rings is 2. The summed E-state index contributed by atoms with van der Waals surface area (Å²) < 4.78 is 2.21. The molecule has 0 fully saturated rings. The van der Waals surface area contributed by atoms with Crippen molar-refractivity contribution < 1.29 is 0 Å². The Morgan fingerprint density at radius 1 is 0.885 bits per heavy atom. The van der Waals surface area contributed by atoms with Crippen LogP contribution < -0.4 is 0 Å². The normalized spacial score (nSPS) is 11.2. The van der Waals surface area contributed by atoms with Crippen molar-refractivity contribution in [2.24, 2.45) is 0 Å². The molecule has 0 aliphatic heterocycles. The maximum Gasteiger partial charge on any atom is 0.195 e. The Morgan fingerprint density at radius 3 is 2.27 bits per heavy atom. The molecule has 0 atom stereocenters. The van der Waals surface area contributed by atoms with E-state index in [1.54, 1.807) is 11.8 Å². The fourth-order valence-corrected chi connectivity index (χ4v) is 3.73. The van der Waals surface area contributed by atoms with Crippen molar-refractivity contribution in [2.75, 3.05) is 26.4 Å². The van der Waals surface area contributed by atoms with E-state index in [9.17, 15) is 0 Å². The van der Waals surface area contributed by atoms with E-state index in [1.165, 1.54) is 5.56 Å². The van der Waals surface area contributed by atoms with Gasteiger partial charge >= 0.3 is 0 Å². The predicted molar refractivity (Wildman–Crippen MR) is 109 cm³/mol. The number of rotatable bonds is 9. The molecule has 0 N–H and O–H groups in total. The standard InChI is InChI=1S/C21H26N4S/c1-24(2)16-9-17-26-21-23-22-20(15-14-18-10-5-3-6-11-18)25(21)19-12-7-4-8-13-19/h3-8,10-13H,9,14-17H2,1-2H3. The molecule has 4 nitrogen and oxygen atoms in total. The molecule has 0 amide bonds. The van der Waals surface area contributed by atoms with Gasteiger partial charge in [0.25, 0.3) is 0 Å². The highest BCUT2D eigenvalue weighted by Gasteiger charge is 2.14. The van der Waals surface area contributed by atoms with Crippen molar-refractivity contribution in [3.8, 4) is 5.69 Å². The molecular weight excluding hydrogens is 340 g/mol. The SMILES string of the molecule is CN(C)CCCSc1nnc(CCc2ccccc2)n1-c1ccccc1. The summed E-state index contributed by atoms with van der Waals surface area (Å²) in [5, 5.41) is 9.97. The van der Waals surface area contributed by atoms with Crippen LogP contribution in [0.3, 0.4) is 0 Å². The maximum absolute atomic E-state index is 4.50. The second-order valence-electron chi connectivity index (χ2n) is 6.56. The van der Waals surface area contributed by atoms with Gasteiger partial charge in [-0.1, -0.05) is 60.3 Å². The summed E-state index contributed by atoms with van der Waals surface area (Å²) in [7, 11) is 4.22. The Morgan fingerprint density at radius 2 is 1.58 bits per heavy atom. The molecule has 1 aromatic heterocycles. The Hall–Kier alpha value is -2.11. The molecule has 3 aromatic rings. The van der Waals surface area contributed by atoms with Crippen LogP contribution in [0.4, 0.5) is 0 Å². The van der Waals surface area contributed by atoms with Gasteiger partial charge in [0.2, 0.25) is 0 Å². The lowest BCUT2D eigenvalue weighted by Crippen LogP contribution is -2.13. The lowest BCUT2D eigenvalue weighted by atomic mass is 10.1. The second kappa shape index (κ2) is 9.55. The number of hydrogen-bond donors (Lipinski definition) is 0. The minimum atomic E-state index is 0.879. The van der Waals surface area contributed by atoms with Crippen molar-refractivity contribution >= 4 is 11.8 Å². The van der Waals surface area contributed by atoms with Gasteiger partial charge in [-0.2, -0.15) is 0 Å². The summed E-state index contributed by atoms with van der Waals surface area (Å²) in [4.78, 5) is 2.22. The van der Waals surface area contributed by atoms with Crippen LogP contribution in [0.15, 0.2) is 65.8 Å². The van der Waals surface area contributed by atoms with Gasteiger partial charge in [0.1, 0.15) is 5.82 Å². The van der Waals surface area contributed by atoms with Crippen LogP contribution in [0.1, 0.15) is 17.8 Å². The van der Waals surface area contributed by atoms with Crippen molar-refractivity contribution in [2.45, 2.75) is 24.4 Å². The summed E-state index contributed by atoms with van der Waals surface area (Å²) in [6.45, 7) is 1.09. The third-order valence-corrected chi connectivity index (χ3v) is 5.19. The third kappa shape index (κ3) is 5.19. The minimum absolute atomic E-state index is 0.879. The Bertz CT molecular complexity index is 784. The average Bonchev–Trinajstić information content (AvgIpc) is 3.08. The minimum Gasteiger partial charge on any atom is -0.309 e. The fourth-order valence-electron chi connectivity index (χ4n) is 2.84. The van der Waals surface area contributed by atoms with Crippen molar-refractivity contribution in [1.29, 1.82) is 0 Å². The van der Waals surface area contributed by atoms with Gasteiger partial charge in [0.15, 0.2) is 5.16 Å². The Balaban J connectivity index is 1.75. The zero-order valence-corrected chi connectivity index (χ0v) is 16.3. The first-order valence-electron chi connectivity index (χ1n) is 9.05. The number of thioether (sulfide) groups is 1. The molecule has 0 bridgehead atoms. The molecule has 0 spiro atoms. The monoisotopic (exact) mass is 366 g/mol. The van der Waals surface area contributed by atoms with Crippen LogP contribution >= 0.6 is 11.8 Å². The summed E-state index contributed by atoms with van der Waals surface area (Å²) in [5.74, 6) is 2.07. The van der Waals surface area contributed by atoms with E-state index in [1.807, 2.05) is 6.07 Å². The van der Waals surface area contributed by atoms with E-state index in [4.69, 9.17) is 0 Å². The number of aromatic nitrogens is 3. The van der Waals surface area contributed by atoms with Gasteiger partial charge in [-0.25, -0.2) is 0 Å². The Kier molecular flexibility index (Phi) is 6.86. The molecule has 5 heteroatoms. The first-order chi connectivity index (χ1) is 12.7. The molecule has 0 saturated carbocycles. The van der Waals surface area contributed by atoms with Gasteiger partial charge in [0, 0.05) is 17.9 Å². The quantitative estimate of drug-likeness (QED) is 0.422. The highest BCUT2D eigenvalue weighted by molar-refractivity contribution is 7.99. The number of para-hydroxylation sites is 1. The summed E-state index contributed by atoms with van der Waals surface area (Å²) in [6, 6.07) is 21.0. The van der Waals surface area contributed by atoms with E-state index < -0.39 is 0 Å². The van der Waals surface area contributed by atoms with Gasteiger partial charge in [-0.3, -0.25) is 4.57 Å². The molecule has 0 saturated heterocycles. The first-order valence-corrected chi connectivity index (χ1v) is 10.0. The zero-order valence-electron chi connectivity index (χ0n) is 15.5. The average molecular weight is 367 g/mol. The summed E-state index contributed by atoms with van der Waals surface area (Å²) in [5.41, 5.74) is 2.46. The Labute approximate surface area is 160 Å². The zero-order chi connectivity index (χ0) is 18.2. The van der Waals surface area contributed by atoms with Crippen molar-refractivity contribution in [1.82, 2.24) is 19.7 Å². The van der Waals surface area contributed by atoms with Crippen LogP contribution in [0, 0.1) is 0 Å². The highest BCUT2D eigenvalue weighted by atomic mass is 32.2. The number of aryl methyl sites for hydroxylation is 2. The molecule has 3 rings (SSSR count). The largest absolute Gasteiger partial charge is 0.309 e. The van der Waals surface area contributed by atoms with Gasteiger partial charge < -0.3 is 4.90 Å². The molecule has 26 heavy (non-hydrogen) atoms. The van der Waals surface area contributed by atoms with E-state index in [2.05, 4.69) is 88.4 Å². The van der Waals surface area contributed by atoms with Gasteiger partial charge in [-0.15, -0.1) is 10.2 Å². The van der Waals surface area contributed by atoms with Crippen LogP contribution in [-0.2, 0) is 12.8 Å². The highest BCUT2D eigenvalue weighted by Crippen LogP contribution is 2.23. The molecule has 2 aromatic carbocycles. The van der Waals surface area contributed by atoms with E-state index in [0.717, 1.165) is 48.2 Å². The van der Waals surface area contributed by atoms with Crippen LogP contribution in [0.5, 0.6) is 0 Å². The van der Waals surface area contributed by atoms with E-state index in [0.29, 0.717) is 0 Å². The van der Waals surface area contributed by atoms with Crippen molar-refractivity contribution in [3.63, 3.8) is 0 Å². The number of hydrogen-bond acceptors (Lipinski definition) is 4. The first kappa shape index (κ1) is 18.7. The fraction of sp³-hybridized carbons (Fsp3) is 0.333. The molecule has 0 aliphatic rings. The molecule has 0 unspecified atom stereocenters. The second-order valence-corrected chi connectivity index (χ2v) is 7.62. The van der Waals surface area contributed by atoms with Crippen LogP contribution in [-0.4, -0.2) is 46.1 Å². The van der Waals surface area contributed by atoms with Crippen LogP contribution in [0.2, 0.25) is 0 Å². The lowest BCUT2D eigenvalue weighted by molar-refractivity contribution is 0.410. The van der Waals surface area contributed by atoms with E-state index in [-0.39, 0.29) is 0 Å². The summed E-state index contributed by atoms with van der Waals surface area (Å²) in [6.07, 6.45) is 2.99. The summed E-state index contributed by atoms with van der Waals surface area (Å²) >= 11 is 1.79. The molecule has 0 aliphatic carbocycles. The third-order valence-electron chi connectivity index (χ3n) is 4.18. The maximum atomic E-state index is 4.50. The van der Waals surface area contributed by atoms with Gasteiger partial charge in [0.05, 0.1) is 0 Å². The smallest absolute Gasteiger partial charge is 0.195 e. The van der Waals surface area contributed by atoms with Gasteiger partial charge in [-0.05, 0) is 51.2 Å². The molecular formula is C21H26N4S. The topological polar surface area (TPSA) is 34.0 Å². The van der Waals surface area contributed by atoms with E-state index >= 15 is 0 Å². The predicted octanol–water partition coefficient (Wildman–Crippen LogP) is 4.10. The van der Waals surface area contributed by atoms with Crippen molar-refractivity contribution in [3.05, 3.63) is 72.1 Å². The molecule has 1 heterocycles. The van der Waals surface area contributed by atoms with Crippen LogP contribution in [0.25, 0.3) is 5.69 Å². The molecule has 136 valence electrons.